The van der Waals surface area contributed by atoms with E-state index in [1.807, 2.05) is 0 Å². The second kappa shape index (κ2) is 5.31. The zero-order chi connectivity index (χ0) is 12.4. The first-order valence-electron chi connectivity index (χ1n) is 5.44. The van der Waals surface area contributed by atoms with Gasteiger partial charge >= 0.3 is 5.97 Å². The summed E-state index contributed by atoms with van der Waals surface area (Å²) >= 11 is 9.38. The lowest BCUT2D eigenvalue weighted by Crippen LogP contribution is -2.11. The molecule has 4 nitrogen and oxygen atoms in total. The lowest BCUT2D eigenvalue weighted by atomic mass is 10.0. The van der Waals surface area contributed by atoms with Crippen LogP contribution in [0.25, 0.3) is 0 Å². The van der Waals surface area contributed by atoms with Crippen LogP contribution in [0.4, 0.5) is 0 Å². The average Bonchev–Trinajstić information content (AvgIpc) is 2.85. The van der Waals surface area contributed by atoms with Crippen molar-refractivity contribution in [1.29, 1.82) is 0 Å². The first-order chi connectivity index (χ1) is 8.13. The number of esters is 1. The van der Waals surface area contributed by atoms with E-state index in [0.29, 0.717) is 10.4 Å². The Morgan fingerprint density at radius 3 is 2.65 bits per heavy atom. The highest BCUT2D eigenvalue weighted by atomic mass is 79.9. The molecule has 0 N–H and O–H groups in total. The van der Waals surface area contributed by atoms with Crippen LogP contribution in [-0.4, -0.2) is 23.0 Å². The maximum Gasteiger partial charge on any atom is 0.376 e. The monoisotopic (exact) mass is 318 g/mol. The van der Waals surface area contributed by atoms with Crippen molar-refractivity contribution in [2.24, 2.45) is 0 Å². The van der Waals surface area contributed by atoms with E-state index in [0.717, 1.165) is 18.5 Å². The first kappa shape index (κ1) is 12.8. The fourth-order valence-corrected chi connectivity index (χ4v) is 2.77. The molecule has 0 spiro atoms. The molecule has 1 heterocycles. The summed E-state index contributed by atoms with van der Waals surface area (Å²) in [4.78, 5) is 19.6. The number of carbonyl (C=O) groups is 1. The Balaban J connectivity index is 2.42. The molecule has 1 aromatic heterocycles. The molecule has 0 radical (unpaired) electrons. The Bertz CT molecular complexity index is 447. The average molecular weight is 320 g/mol. The number of methoxy groups -OCH3 is 1. The molecule has 0 unspecified atom stereocenters. The number of carbonyl (C=O) groups excluding carboxylic acids is 1. The zero-order valence-corrected chi connectivity index (χ0v) is 11.7. The van der Waals surface area contributed by atoms with E-state index >= 15 is 0 Å². The van der Waals surface area contributed by atoms with Crippen molar-refractivity contribution in [3.63, 3.8) is 0 Å². The predicted octanol–water partition coefficient (Wildman–Crippen LogP) is 3.34. The maximum absolute atomic E-state index is 11.4. The van der Waals surface area contributed by atoms with Gasteiger partial charge in [-0.1, -0.05) is 24.4 Å². The Morgan fingerprint density at radius 2 is 2.06 bits per heavy atom. The summed E-state index contributed by atoms with van der Waals surface area (Å²) in [5.41, 5.74) is 0.822. The van der Waals surface area contributed by atoms with Gasteiger partial charge in [0.05, 0.1) is 17.3 Å². The van der Waals surface area contributed by atoms with Crippen LogP contribution in [0.15, 0.2) is 4.47 Å². The molecule has 1 fully saturated rings. The number of aromatic nitrogens is 2. The predicted molar refractivity (Wildman–Crippen MR) is 67.3 cm³/mol. The molecule has 0 aliphatic heterocycles. The highest BCUT2D eigenvalue weighted by Crippen LogP contribution is 2.38. The van der Waals surface area contributed by atoms with E-state index in [1.54, 1.807) is 0 Å². The third-order valence-corrected chi connectivity index (χ3v) is 4.23. The minimum absolute atomic E-state index is 0.0302. The van der Waals surface area contributed by atoms with E-state index < -0.39 is 5.97 Å². The zero-order valence-electron chi connectivity index (χ0n) is 9.37. The smallest absolute Gasteiger partial charge is 0.376 e. The van der Waals surface area contributed by atoms with Crippen LogP contribution >= 0.6 is 27.5 Å². The van der Waals surface area contributed by atoms with E-state index in [4.69, 9.17) is 11.6 Å². The summed E-state index contributed by atoms with van der Waals surface area (Å²) in [5.74, 6) is -0.172. The SMILES string of the molecule is COC(=O)c1nc(Cl)c(Br)c(C2CCCC2)n1. The lowest BCUT2D eigenvalue weighted by molar-refractivity contribution is 0.0586. The second-order valence-electron chi connectivity index (χ2n) is 4.01. The van der Waals surface area contributed by atoms with Gasteiger partial charge in [-0.2, -0.15) is 0 Å². The minimum Gasteiger partial charge on any atom is -0.463 e. The highest BCUT2D eigenvalue weighted by Gasteiger charge is 2.25. The highest BCUT2D eigenvalue weighted by molar-refractivity contribution is 9.10. The van der Waals surface area contributed by atoms with Crippen molar-refractivity contribution in [1.82, 2.24) is 9.97 Å². The van der Waals surface area contributed by atoms with Gasteiger partial charge in [-0.25, -0.2) is 14.8 Å². The molecule has 1 aliphatic carbocycles. The summed E-state index contributed by atoms with van der Waals surface area (Å²) in [6.07, 6.45) is 4.53. The Morgan fingerprint density at radius 1 is 1.41 bits per heavy atom. The molecule has 0 saturated heterocycles. The number of ether oxygens (including phenoxy) is 1. The molecule has 1 aromatic rings. The molecule has 0 amide bonds. The third kappa shape index (κ3) is 2.60. The van der Waals surface area contributed by atoms with Crippen LogP contribution < -0.4 is 0 Å². The van der Waals surface area contributed by atoms with Crippen molar-refractivity contribution in [3.05, 3.63) is 21.1 Å². The molecule has 1 aliphatic rings. The topological polar surface area (TPSA) is 52.1 Å². The quantitative estimate of drug-likeness (QED) is 0.620. The largest absolute Gasteiger partial charge is 0.463 e. The molecular weight excluding hydrogens is 307 g/mol. The van der Waals surface area contributed by atoms with E-state index in [9.17, 15) is 4.79 Å². The molecule has 92 valence electrons. The fraction of sp³-hybridized carbons (Fsp3) is 0.545. The summed E-state index contributed by atoms with van der Waals surface area (Å²) in [6.45, 7) is 0. The molecule has 0 atom stereocenters. The van der Waals surface area contributed by atoms with Gasteiger partial charge in [0.25, 0.3) is 0 Å². The van der Waals surface area contributed by atoms with Crippen LogP contribution in [0, 0.1) is 0 Å². The lowest BCUT2D eigenvalue weighted by Gasteiger charge is -2.12. The van der Waals surface area contributed by atoms with Crippen LogP contribution in [0.1, 0.15) is 47.9 Å². The van der Waals surface area contributed by atoms with Crippen molar-refractivity contribution in [3.8, 4) is 0 Å². The Labute approximate surface area is 113 Å². The Hall–Kier alpha value is -0.680. The van der Waals surface area contributed by atoms with Gasteiger partial charge in [0.1, 0.15) is 5.15 Å². The summed E-state index contributed by atoms with van der Waals surface area (Å²) < 4.78 is 5.30. The van der Waals surface area contributed by atoms with Gasteiger partial charge in [-0.3, -0.25) is 0 Å². The van der Waals surface area contributed by atoms with Crippen molar-refractivity contribution in [2.45, 2.75) is 31.6 Å². The Kier molecular flexibility index (Phi) is 3.99. The van der Waals surface area contributed by atoms with Crippen LogP contribution in [0.3, 0.4) is 0 Å². The second-order valence-corrected chi connectivity index (χ2v) is 5.16. The molecule has 0 bridgehead atoms. The van der Waals surface area contributed by atoms with Gasteiger partial charge in [0.2, 0.25) is 5.82 Å². The van der Waals surface area contributed by atoms with Gasteiger partial charge in [0, 0.05) is 5.92 Å². The number of rotatable bonds is 2. The van der Waals surface area contributed by atoms with Crippen LogP contribution in [-0.2, 0) is 4.74 Å². The van der Waals surface area contributed by atoms with Gasteiger partial charge in [0.15, 0.2) is 0 Å². The number of hydrogen-bond donors (Lipinski definition) is 0. The first-order valence-corrected chi connectivity index (χ1v) is 6.62. The third-order valence-electron chi connectivity index (χ3n) is 2.95. The fourth-order valence-electron chi connectivity index (χ4n) is 2.09. The van der Waals surface area contributed by atoms with Crippen molar-refractivity contribution < 1.29 is 9.53 Å². The normalized spacial score (nSPS) is 16.2. The summed E-state index contributed by atoms with van der Waals surface area (Å²) in [7, 11) is 1.30. The summed E-state index contributed by atoms with van der Waals surface area (Å²) in [5, 5.41) is 0.266. The van der Waals surface area contributed by atoms with Crippen molar-refractivity contribution >= 4 is 33.5 Å². The minimum atomic E-state index is -0.557. The molecule has 2 rings (SSSR count). The van der Waals surface area contributed by atoms with Crippen molar-refractivity contribution in [2.75, 3.05) is 7.11 Å². The van der Waals surface area contributed by atoms with Crippen LogP contribution in [0.5, 0.6) is 0 Å². The van der Waals surface area contributed by atoms with E-state index in [1.165, 1.54) is 20.0 Å². The molecule has 17 heavy (non-hydrogen) atoms. The molecular formula is C11H12BrClN2O2. The van der Waals surface area contributed by atoms with Crippen LogP contribution in [0.2, 0.25) is 5.15 Å². The summed E-state index contributed by atoms with van der Waals surface area (Å²) in [6, 6.07) is 0. The van der Waals surface area contributed by atoms with Gasteiger partial charge in [-0.05, 0) is 28.8 Å². The molecule has 1 saturated carbocycles. The molecule has 6 heteroatoms. The number of halogens is 2. The van der Waals surface area contributed by atoms with E-state index in [-0.39, 0.29) is 11.0 Å². The van der Waals surface area contributed by atoms with E-state index in [2.05, 4.69) is 30.6 Å². The van der Waals surface area contributed by atoms with Gasteiger partial charge in [-0.15, -0.1) is 0 Å². The standard InChI is InChI=1S/C11H12BrClN2O2/c1-17-11(16)10-14-8(6-4-2-3-5-6)7(12)9(13)15-10/h6H,2-5H2,1H3. The number of nitrogens with zero attached hydrogens (tertiary/aromatic N) is 2. The molecule has 0 aromatic carbocycles. The number of hydrogen-bond acceptors (Lipinski definition) is 4. The van der Waals surface area contributed by atoms with Gasteiger partial charge < -0.3 is 4.74 Å². The maximum atomic E-state index is 11.4.